The summed E-state index contributed by atoms with van der Waals surface area (Å²) in [6.45, 7) is 5.77. The topological polar surface area (TPSA) is 37.2 Å². The molecule has 0 bridgehead atoms. The predicted molar refractivity (Wildman–Crippen MR) is 70.3 cm³/mol. The quantitative estimate of drug-likeness (QED) is 0.846. The molecule has 2 N–H and O–H groups in total. The Labute approximate surface area is 102 Å². The van der Waals surface area contributed by atoms with Crippen molar-refractivity contribution in [2.75, 3.05) is 5.32 Å². The van der Waals surface area contributed by atoms with E-state index in [1.807, 2.05) is 19.1 Å². The van der Waals surface area contributed by atoms with Crippen LogP contribution in [0.25, 0.3) is 0 Å². The molecule has 0 fully saturated rings. The van der Waals surface area contributed by atoms with Crippen LogP contribution in [0.5, 0.6) is 5.75 Å². The smallest absolute Gasteiger partial charge is 0.120 e. The van der Waals surface area contributed by atoms with E-state index >= 15 is 0 Å². The molecule has 1 heterocycles. The summed E-state index contributed by atoms with van der Waals surface area (Å²) in [7, 11) is 0. The number of rotatable bonds is 4. The Hall–Kier alpha value is -1.90. The minimum atomic E-state index is 0.334. The third-order valence-electron chi connectivity index (χ3n) is 2.88. The van der Waals surface area contributed by atoms with Crippen molar-refractivity contribution in [1.29, 1.82) is 0 Å². The number of aromatic nitrogens is 1. The van der Waals surface area contributed by atoms with Gasteiger partial charge in [0.15, 0.2) is 0 Å². The van der Waals surface area contributed by atoms with E-state index in [-0.39, 0.29) is 0 Å². The number of hydrogen-bond donors (Lipinski definition) is 2. The van der Waals surface area contributed by atoms with Crippen LogP contribution in [0.1, 0.15) is 18.1 Å². The fraction of sp³-hybridized carbons (Fsp3) is 0.286. The van der Waals surface area contributed by atoms with Crippen LogP contribution in [0.4, 0.5) is 5.69 Å². The number of nitrogens with one attached hydrogen (secondary N) is 1. The zero-order valence-corrected chi connectivity index (χ0v) is 10.3. The number of phenols is 1. The Morgan fingerprint density at radius 1 is 1.29 bits per heavy atom. The maximum absolute atomic E-state index is 9.60. The molecule has 0 amide bonds. The highest BCUT2D eigenvalue weighted by Gasteiger charge is 1.99. The maximum Gasteiger partial charge on any atom is 0.120 e. The number of nitrogens with zero attached hydrogens (tertiary/aromatic N) is 1. The van der Waals surface area contributed by atoms with E-state index in [1.165, 1.54) is 5.56 Å². The van der Waals surface area contributed by atoms with E-state index in [0.29, 0.717) is 5.75 Å². The van der Waals surface area contributed by atoms with E-state index in [9.17, 15) is 5.11 Å². The average Bonchev–Trinajstić information content (AvgIpc) is 2.79. The second-order valence-electron chi connectivity index (χ2n) is 4.21. The van der Waals surface area contributed by atoms with Gasteiger partial charge < -0.3 is 15.0 Å². The standard InChI is InChI=1S/C14H18N2O/c1-3-16-7-6-12(10-16)9-15-13-5-4-11(2)14(17)8-13/h4-8,10,15,17H,3,9H2,1-2H3. The summed E-state index contributed by atoms with van der Waals surface area (Å²) in [5, 5.41) is 12.9. The van der Waals surface area contributed by atoms with E-state index < -0.39 is 0 Å². The molecular formula is C14H18N2O. The highest BCUT2D eigenvalue weighted by atomic mass is 16.3. The van der Waals surface area contributed by atoms with Crippen LogP contribution < -0.4 is 5.32 Å². The van der Waals surface area contributed by atoms with Gasteiger partial charge in [-0.25, -0.2) is 0 Å². The molecule has 3 nitrogen and oxygen atoms in total. The first-order valence-electron chi connectivity index (χ1n) is 5.87. The van der Waals surface area contributed by atoms with E-state index in [2.05, 4.69) is 35.3 Å². The number of hydrogen-bond acceptors (Lipinski definition) is 2. The Morgan fingerprint density at radius 2 is 2.12 bits per heavy atom. The summed E-state index contributed by atoms with van der Waals surface area (Å²) < 4.78 is 2.14. The van der Waals surface area contributed by atoms with Crippen LogP contribution in [0.15, 0.2) is 36.7 Å². The Bertz CT molecular complexity index is 503. The summed E-state index contributed by atoms with van der Waals surface area (Å²) in [4.78, 5) is 0. The zero-order chi connectivity index (χ0) is 12.3. The molecule has 0 saturated heterocycles. The second kappa shape index (κ2) is 4.95. The van der Waals surface area contributed by atoms with Crippen LogP contribution in [-0.2, 0) is 13.1 Å². The van der Waals surface area contributed by atoms with Crippen molar-refractivity contribution in [3.8, 4) is 5.75 Å². The monoisotopic (exact) mass is 230 g/mol. The zero-order valence-electron chi connectivity index (χ0n) is 10.3. The molecule has 3 heteroatoms. The SMILES string of the molecule is CCn1ccc(CNc2ccc(C)c(O)c2)c1. The second-order valence-corrected chi connectivity index (χ2v) is 4.21. The molecular weight excluding hydrogens is 212 g/mol. The summed E-state index contributed by atoms with van der Waals surface area (Å²) >= 11 is 0. The fourth-order valence-corrected chi connectivity index (χ4v) is 1.72. The normalized spacial score (nSPS) is 10.5. The number of aryl methyl sites for hydroxylation is 2. The van der Waals surface area contributed by atoms with Crippen molar-refractivity contribution >= 4 is 5.69 Å². The van der Waals surface area contributed by atoms with Crippen molar-refractivity contribution in [3.05, 3.63) is 47.8 Å². The van der Waals surface area contributed by atoms with E-state index in [4.69, 9.17) is 0 Å². The van der Waals surface area contributed by atoms with Crippen LogP contribution in [0.3, 0.4) is 0 Å². The van der Waals surface area contributed by atoms with Gasteiger partial charge in [-0.2, -0.15) is 0 Å². The third kappa shape index (κ3) is 2.81. The van der Waals surface area contributed by atoms with Gasteiger partial charge in [-0.1, -0.05) is 6.07 Å². The first kappa shape index (κ1) is 11.6. The lowest BCUT2D eigenvalue weighted by Gasteiger charge is -2.06. The molecule has 0 saturated carbocycles. The van der Waals surface area contributed by atoms with Crippen LogP contribution in [0.2, 0.25) is 0 Å². The molecule has 0 unspecified atom stereocenters. The predicted octanol–water partition coefficient (Wildman–Crippen LogP) is 3.13. The van der Waals surface area contributed by atoms with Gasteiger partial charge >= 0.3 is 0 Å². The largest absolute Gasteiger partial charge is 0.508 e. The van der Waals surface area contributed by atoms with Gasteiger partial charge in [-0.3, -0.25) is 0 Å². The maximum atomic E-state index is 9.60. The Balaban J connectivity index is 1.99. The minimum Gasteiger partial charge on any atom is -0.508 e. The lowest BCUT2D eigenvalue weighted by Crippen LogP contribution is -1.98. The average molecular weight is 230 g/mol. The lowest BCUT2D eigenvalue weighted by molar-refractivity contribution is 0.471. The molecule has 0 atom stereocenters. The number of anilines is 1. The van der Waals surface area contributed by atoms with Gasteiger partial charge in [0.2, 0.25) is 0 Å². The minimum absolute atomic E-state index is 0.334. The Kier molecular flexibility index (Phi) is 3.38. The molecule has 17 heavy (non-hydrogen) atoms. The van der Waals surface area contributed by atoms with E-state index in [0.717, 1.165) is 24.3 Å². The molecule has 0 aliphatic carbocycles. The molecule has 1 aromatic heterocycles. The van der Waals surface area contributed by atoms with Gasteiger partial charge in [0.25, 0.3) is 0 Å². The van der Waals surface area contributed by atoms with Gasteiger partial charge in [-0.05, 0) is 37.1 Å². The molecule has 0 aliphatic rings. The Morgan fingerprint density at radius 3 is 2.76 bits per heavy atom. The van der Waals surface area contributed by atoms with Gasteiger partial charge in [0.05, 0.1) is 0 Å². The van der Waals surface area contributed by atoms with Crippen LogP contribution in [0, 0.1) is 6.92 Å². The van der Waals surface area contributed by atoms with Crippen molar-refractivity contribution in [1.82, 2.24) is 4.57 Å². The van der Waals surface area contributed by atoms with Crippen LogP contribution in [-0.4, -0.2) is 9.67 Å². The highest BCUT2D eigenvalue weighted by Crippen LogP contribution is 2.21. The summed E-state index contributed by atoms with van der Waals surface area (Å²) in [5.74, 6) is 0.334. The summed E-state index contributed by atoms with van der Waals surface area (Å²) in [6, 6.07) is 7.75. The molecule has 0 aliphatic heterocycles. The molecule has 90 valence electrons. The molecule has 1 aromatic carbocycles. The molecule has 0 spiro atoms. The number of benzene rings is 1. The van der Waals surface area contributed by atoms with Crippen molar-refractivity contribution in [3.63, 3.8) is 0 Å². The van der Waals surface area contributed by atoms with Crippen molar-refractivity contribution in [2.24, 2.45) is 0 Å². The van der Waals surface area contributed by atoms with Gasteiger partial charge in [0.1, 0.15) is 5.75 Å². The summed E-state index contributed by atoms with van der Waals surface area (Å²) in [5.41, 5.74) is 3.08. The van der Waals surface area contributed by atoms with Gasteiger partial charge in [0, 0.05) is 37.2 Å². The van der Waals surface area contributed by atoms with Crippen molar-refractivity contribution < 1.29 is 5.11 Å². The first-order valence-corrected chi connectivity index (χ1v) is 5.87. The first-order chi connectivity index (χ1) is 8.19. The highest BCUT2D eigenvalue weighted by molar-refractivity contribution is 5.51. The third-order valence-corrected chi connectivity index (χ3v) is 2.88. The summed E-state index contributed by atoms with van der Waals surface area (Å²) in [6.07, 6.45) is 4.20. The molecule has 2 rings (SSSR count). The lowest BCUT2D eigenvalue weighted by atomic mass is 10.2. The van der Waals surface area contributed by atoms with E-state index in [1.54, 1.807) is 6.07 Å². The fourth-order valence-electron chi connectivity index (χ4n) is 1.72. The van der Waals surface area contributed by atoms with Crippen molar-refractivity contribution in [2.45, 2.75) is 26.9 Å². The molecule has 0 radical (unpaired) electrons. The number of aromatic hydroxyl groups is 1. The van der Waals surface area contributed by atoms with Crippen LogP contribution >= 0.6 is 0 Å². The van der Waals surface area contributed by atoms with Gasteiger partial charge in [-0.15, -0.1) is 0 Å². The number of phenolic OH excluding ortho intramolecular Hbond substituents is 1. The molecule has 2 aromatic rings.